The number of halogens is 1. The van der Waals surface area contributed by atoms with Crippen molar-refractivity contribution in [3.63, 3.8) is 0 Å². The third kappa shape index (κ3) is 3.85. The van der Waals surface area contributed by atoms with E-state index >= 15 is 0 Å². The molecule has 0 bridgehead atoms. The van der Waals surface area contributed by atoms with Crippen molar-refractivity contribution in [2.24, 2.45) is 0 Å². The van der Waals surface area contributed by atoms with E-state index in [0.717, 1.165) is 22.8 Å². The summed E-state index contributed by atoms with van der Waals surface area (Å²) in [6, 6.07) is 14.1. The number of nitrogens with zero attached hydrogens (tertiary/aromatic N) is 2. The molecule has 0 saturated heterocycles. The van der Waals surface area contributed by atoms with E-state index in [-0.39, 0.29) is 24.2 Å². The summed E-state index contributed by atoms with van der Waals surface area (Å²) < 4.78 is 18.5. The third-order valence-electron chi connectivity index (χ3n) is 4.58. The van der Waals surface area contributed by atoms with Crippen molar-refractivity contribution < 1.29 is 13.9 Å². The summed E-state index contributed by atoms with van der Waals surface area (Å²) in [6.07, 6.45) is 1.15. The second kappa shape index (κ2) is 7.48. The standard InChI is InChI=1S/C21H19FN2O2S/c1-14-10-15-4-2-3-5-19(15)24(14)21(25)11-17-13-27-20(23-17)12-26-18-8-6-16(22)7-9-18/h2-9,13-14H,10-12H2,1H3/t14-/m0/s1. The summed E-state index contributed by atoms with van der Waals surface area (Å²) in [5.74, 6) is 0.352. The zero-order valence-corrected chi connectivity index (χ0v) is 15.7. The van der Waals surface area contributed by atoms with Crippen LogP contribution in [-0.2, 0) is 24.2 Å². The number of ether oxygens (including phenoxy) is 1. The molecule has 138 valence electrons. The van der Waals surface area contributed by atoms with Crippen LogP contribution in [0.1, 0.15) is 23.2 Å². The number of fused-ring (bicyclic) bond motifs is 1. The predicted molar refractivity (Wildman–Crippen MR) is 104 cm³/mol. The lowest BCUT2D eigenvalue weighted by molar-refractivity contribution is -0.118. The van der Waals surface area contributed by atoms with Gasteiger partial charge in [0.25, 0.3) is 0 Å². The van der Waals surface area contributed by atoms with E-state index in [1.165, 1.54) is 29.0 Å². The van der Waals surface area contributed by atoms with E-state index in [9.17, 15) is 9.18 Å². The van der Waals surface area contributed by atoms with Crippen molar-refractivity contribution in [3.8, 4) is 5.75 Å². The Bertz CT molecular complexity index is 955. The monoisotopic (exact) mass is 382 g/mol. The van der Waals surface area contributed by atoms with Gasteiger partial charge in [0.05, 0.1) is 12.1 Å². The van der Waals surface area contributed by atoms with Crippen LogP contribution in [0.25, 0.3) is 0 Å². The number of anilines is 1. The number of carbonyl (C=O) groups is 1. The molecule has 4 rings (SSSR count). The molecule has 0 unspecified atom stereocenters. The molecule has 1 amide bonds. The Morgan fingerprint density at radius 3 is 2.85 bits per heavy atom. The Kier molecular flexibility index (Phi) is 4.90. The van der Waals surface area contributed by atoms with Gasteiger partial charge in [0.1, 0.15) is 23.2 Å². The molecule has 0 N–H and O–H groups in total. The minimum Gasteiger partial charge on any atom is -0.486 e. The maximum atomic E-state index is 12.9. The first kappa shape index (κ1) is 17.7. The van der Waals surface area contributed by atoms with Crippen LogP contribution in [0.15, 0.2) is 53.9 Å². The van der Waals surface area contributed by atoms with Crippen LogP contribution in [-0.4, -0.2) is 16.9 Å². The Morgan fingerprint density at radius 2 is 2.04 bits per heavy atom. The van der Waals surface area contributed by atoms with Crippen LogP contribution in [0.3, 0.4) is 0 Å². The van der Waals surface area contributed by atoms with Gasteiger partial charge in [-0.1, -0.05) is 18.2 Å². The van der Waals surface area contributed by atoms with Gasteiger partial charge in [0.2, 0.25) is 5.91 Å². The summed E-state index contributed by atoms with van der Waals surface area (Å²) in [5.41, 5.74) is 2.97. The van der Waals surface area contributed by atoms with Crippen molar-refractivity contribution in [3.05, 3.63) is 76.0 Å². The van der Waals surface area contributed by atoms with Gasteiger partial charge in [-0.2, -0.15) is 0 Å². The summed E-state index contributed by atoms with van der Waals surface area (Å²) >= 11 is 1.46. The first-order chi connectivity index (χ1) is 13.1. The highest BCUT2D eigenvalue weighted by Gasteiger charge is 2.30. The lowest BCUT2D eigenvalue weighted by Gasteiger charge is -2.22. The molecule has 4 nitrogen and oxygen atoms in total. The molecule has 3 aromatic rings. The number of hydrogen-bond donors (Lipinski definition) is 0. The van der Waals surface area contributed by atoms with E-state index in [1.54, 1.807) is 12.1 Å². The van der Waals surface area contributed by atoms with Gasteiger partial charge in [0, 0.05) is 17.1 Å². The minimum atomic E-state index is -0.296. The van der Waals surface area contributed by atoms with Gasteiger partial charge in [0.15, 0.2) is 0 Å². The number of carbonyl (C=O) groups excluding carboxylic acids is 1. The minimum absolute atomic E-state index is 0.0590. The smallest absolute Gasteiger partial charge is 0.233 e. The largest absolute Gasteiger partial charge is 0.486 e. The van der Waals surface area contributed by atoms with Crippen LogP contribution >= 0.6 is 11.3 Å². The highest BCUT2D eigenvalue weighted by Crippen LogP contribution is 2.32. The maximum Gasteiger partial charge on any atom is 0.233 e. The van der Waals surface area contributed by atoms with Gasteiger partial charge in [-0.25, -0.2) is 9.37 Å². The Labute approximate surface area is 161 Å². The lowest BCUT2D eigenvalue weighted by Crippen LogP contribution is -2.36. The fourth-order valence-electron chi connectivity index (χ4n) is 3.36. The number of amides is 1. The molecule has 27 heavy (non-hydrogen) atoms. The Hall–Kier alpha value is -2.73. The first-order valence-corrected chi connectivity index (χ1v) is 9.70. The van der Waals surface area contributed by atoms with E-state index in [4.69, 9.17) is 4.74 Å². The normalized spacial score (nSPS) is 15.6. The highest BCUT2D eigenvalue weighted by atomic mass is 32.1. The second-order valence-corrected chi connectivity index (χ2v) is 7.54. The summed E-state index contributed by atoms with van der Waals surface area (Å²) in [6.45, 7) is 2.37. The van der Waals surface area contributed by atoms with Crippen molar-refractivity contribution in [1.82, 2.24) is 4.98 Å². The van der Waals surface area contributed by atoms with Crippen LogP contribution in [0.4, 0.5) is 10.1 Å². The van der Waals surface area contributed by atoms with Crippen LogP contribution in [0, 0.1) is 5.82 Å². The van der Waals surface area contributed by atoms with E-state index < -0.39 is 0 Å². The van der Waals surface area contributed by atoms with E-state index in [2.05, 4.69) is 18.0 Å². The van der Waals surface area contributed by atoms with Crippen LogP contribution < -0.4 is 9.64 Å². The van der Waals surface area contributed by atoms with Crippen molar-refractivity contribution in [1.29, 1.82) is 0 Å². The molecule has 2 heterocycles. The predicted octanol–water partition coefficient (Wildman–Crippen LogP) is 4.38. The molecule has 1 aliphatic heterocycles. The van der Waals surface area contributed by atoms with Crippen molar-refractivity contribution in [2.75, 3.05) is 4.90 Å². The Morgan fingerprint density at radius 1 is 1.26 bits per heavy atom. The molecule has 1 aromatic heterocycles. The van der Waals surface area contributed by atoms with E-state index in [0.29, 0.717) is 12.4 Å². The molecule has 0 spiro atoms. The zero-order valence-electron chi connectivity index (χ0n) is 14.9. The third-order valence-corrected chi connectivity index (χ3v) is 5.45. The fraction of sp³-hybridized carbons (Fsp3) is 0.238. The molecule has 1 aliphatic rings. The maximum absolute atomic E-state index is 12.9. The molecule has 2 aromatic carbocycles. The zero-order chi connectivity index (χ0) is 18.8. The lowest BCUT2D eigenvalue weighted by atomic mass is 10.1. The SMILES string of the molecule is C[C@H]1Cc2ccccc2N1C(=O)Cc1csc(COc2ccc(F)cc2)n1. The Balaban J connectivity index is 1.39. The number of aromatic nitrogens is 1. The van der Waals surface area contributed by atoms with Crippen molar-refractivity contribution >= 4 is 22.9 Å². The molecule has 6 heteroatoms. The molecule has 0 radical (unpaired) electrons. The summed E-state index contributed by atoms with van der Waals surface area (Å²) in [4.78, 5) is 19.2. The molecular formula is C21H19FN2O2S. The van der Waals surface area contributed by atoms with Gasteiger partial charge in [-0.05, 0) is 49.2 Å². The van der Waals surface area contributed by atoms with Gasteiger partial charge in [-0.3, -0.25) is 4.79 Å². The number of para-hydroxylation sites is 1. The molecule has 0 saturated carbocycles. The number of benzene rings is 2. The van der Waals surface area contributed by atoms with Crippen LogP contribution in [0.5, 0.6) is 5.75 Å². The van der Waals surface area contributed by atoms with Gasteiger partial charge in [-0.15, -0.1) is 11.3 Å². The van der Waals surface area contributed by atoms with Crippen LogP contribution in [0.2, 0.25) is 0 Å². The summed E-state index contributed by atoms with van der Waals surface area (Å²) in [5, 5.41) is 2.69. The quantitative estimate of drug-likeness (QED) is 0.658. The number of rotatable bonds is 5. The average molecular weight is 382 g/mol. The van der Waals surface area contributed by atoms with E-state index in [1.807, 2.05) is 28.5 Å². The summed E-state index contributed by atoms with van der Waals surface area (Å²) in [7, 11) is 0. The highest BCUT2D eigenvalue weighted by molar-refractivity contribution is 7.09. The fourth-order valence-corrected chi connectivity index (χ4v) is 4.06. The molecule has 0 aliphatic carbocycles. The number of hydrogen-bond acceptors (Lipinski definition) is 4. The molecule has 0 fully saturated rings. The van der Waals surface area contributed by atoms with Crippen molar-refractivity contribution in [2.45, 2.75) is 32.4 Å². The first-order valence-electron chi connectivity index (χ1n) is 8.82. The molecule has 1 atom stereocenters. The second-order valence-electron chi connectivity index (χ2n) is 6.60. The van der Waals surface area contributed by atoms with Gasteiger partial charge >= 0.3 is 0 Å². The topological polar surface area (TPSA) is 42.4 Å². The average Bonchev–Trinajstić information content (AvgIpc) is 3.24. The number of thiazole rings is 1. The van der Waals surface area contributed by atoms with Gasteiger partial charge < -0.3 is 9.64 Å². The molecular weight excluding hydrogens is 363 g/mol.